The second kappa shape index (κ2) is 5.27. The lowest BCUT2D eigenvalue weighted by Gasteiger charge is -2.15. The van der Waals surface area contributed by atoms with Crippen LogP contribution in [0.3, 0.4) is 0 Å². The van der Waals surface area contributed by atoms with E-state index >= 15 is 0 Å². The van der Waals surface area contributed by atoms with Crippen molar-refractivity contribution in [2.75, 3.05) is 0 Å². The third-order valence-electron chi connectivity index (χ3n) is 2.16. The van der Waals surface area contributed by atoms with E-state index in [-0.39, 0.29) is 5.41 Å². The molecule has 1 aromatic heterocycles. The van der Waals surface area contributed by atoms with E-state index in [9.17, 15) is 0 Å². The van der Waals surface area contributed by atoms with Crippen molar-refractivity contribution < 1.29 is 0 Å². The number of aryl methyl sites for hydroxylation is 1. The Kier molecular flexibility index (Phi) is 4.55. The second-order valence-electron chi connectivity index (χ2n) is 5.14. The van der Waals surface area contributed by atoms with E-state index in [0.717, 1.165) is 18.7 Å². The maximum Gasteiger partial charge on any atom is 0.122 e. The van der Waals surface area contributed by atoms with Gasteiger partial charge in [0.1, 0.15) is 3.70 Å². The maximum atomic E-state index is 4.26. The quantitative estimate of drug-likeness (QED) is 0.797. The molecule has 0 amide bonds. The predicted molar refractivity (Wildman–Crippen MR) is 70.8 cm³/mol. The summed E-state index contributed by atoms with van der Waals surface area (Å²) in [4.78, 5) is 0. The SMILES string of the molecule is CCCCn1nnc(CC(C)(C)C)c1I. The van der Waals surface area contributed by atoms with Gasteiger partial charge in [-0.3, -0.25) is 0 Å². The minimum Gasteiger partial charge on any atom is -0.239 e. The highest BCUT2D eigenvalue weighted by Gasteiger charge is 2.17. The predicted octanol–water partition coefficient (Wildman–Crippen LogP) is 3.27. The molecule has 0 bridgehead atoms. The molecule has 0 aromatic carbocycles. The van der Waals surface area contributed by atoms with Gasteiger partial charge in [-0.2, -0.15) is 0 Å². The lowest BCUT2D eigenvalue weighted by atomic mass is 9.91. The summed E-state index contributed by atoms with van der Waals surface area (Å²) in [6.07, 6.45) is 3.37. The fraction of sp³-hybridized carbons (Fsp3) is 0.818. The number of hydrogen-bond acceptors (Lipinski definition) is 2. The molecule has 0 N–H and O–H groups in total. The summed E-state index contributed by atoms with van der Waals surface area (Å²) in [6.45, 7) is 9.88. The first-order chi connectivity index (χ1) is 6.94. The third-order valence-corrected chi connectivity index (χ3v) is 3.34. The largest absolute Gasteiger partial charge is 0.239 e. The van der Waals surface area contributed by atoms with Gasteiger partial charge in [0.05, 0.1) is 5.69 Å². The summed E-state index contributed by atoms with van der Waals surface area (Å²) >= 11 is 2.35. The average molecular weight is 321 g/mol. The normalized spacial score (nSPS) is 12.1. The topological polar surface area (TPSA) is 30.7 Å². The van der Waals surface area contributed by atoms with Gasteiger partial charge in [0, 0.05) is 6.54 Å². The van der Waals surface area contributed by atoms with Crippen molar-refractivity contribution in [3.05, 3.63) is 9.39 Å². The smallest absolute Gasteiger partial charge is 0.122 e. The van der Waals surface area contributed by atoms with Crippen LogP contribution in [-0.4, -0.2) is 15.0 Å². The van der Waals surface area contributed by atoms with Gasteiger partial charge in [0.2, 0.25) is 0 Å². The molecule has 0 saturated carbocycles. The molecule has 3 nitrogen and oxygen atoms in total. The van der Waals surface area contributed by atoms with Gasteiger partial charge < -0.3 is 0 Å². The van der Waals surface area contributed by atoms with Gasteiger partial charge in [0.25, 0.3) is 0 Å². The Bertz CT molecular complexity index is 312. The van der Waals surface area contributed by atoms with Gasteiger partial charge in [0.15, 0.2) is 0 Å². The van der Waals surface area contributed by atoms with Crippen molar-refractivity contribution in [3.63, 3.8) is 0 Å². The lowest BCUT2D eigenvalue weighted by Crippen LogP contribution is -2.11. The standard InChI is InChI=1S/C11H20IN3/c1-5-6-7-15-10(12)9(13-14-15)8-11(2,3)4/h5-8H2,1-4H3. The van der Waals surface area contributed by atoms with E-state index in [1.165, 1.54) is 16.5 Å². The summed E-state index contributed by atoms with van der Waals surface area (Å²) in [7, 11) is 0. The Morgan fingerprint density at radius 1 is 1.33 bits per heavy atom. The molecule has 0 aliphatic heterocycles. The van der Waals surface area contributed by atoms with Crippen molar-refractivity contribution in [1.29, 1.82) is 0 Å². The number of hydrogen-bond donors (Lipinski definition) is 0. The van der Waals surface area contributed by atoms with Crippen LogP contribution in [-0.2, 0) is 13.0 Å². The lowest BCUT2D eigenvalue weighted by molar-refractivity contribution is 0.405. The zero-order valence-corrected chi connectivity index (χ0v) is 12.2. The number of rotatable bonds is 4. The molecule has 0 aliphatic carbocycles. The van der Waals surface area contributed by atoms with E-state index < -0.39 is 0 Å². The Hall–Kier alpha value is -0.130. The van der Waals surface area contributed by atoms with Gasteiger partial charge in [-0.05, 0) is 40.8 Å². The molecule has 1 rings (SSSR count). The van der Waals surface area contributed by atoms with Crippen LogP contribution in [0.15, 0.2) is 0 Å². The molecular formula is C11H20IN3. The zero-order valence-electron chi connectivity index (χ0n) is 10.0. The van der Waals surface area contributed by atoms with Crippen LogP contribution in [0.25, 0.3) is 0 Å². The van der Waals surface area contributed by atoms with Crippen LogP contribution in [0.2, 0.25) is 0 Å². The van der Waals surface area contributed by atoms with Gasteiger partial charge in [-0.1, -0.05) is 39.3 Å². The molecule has 0 unspecified atom stereocenters. The van der Waals surface area contributed by atoms with E-state index in [1.54, 1.807) is 0 Å². The summed E-state index contributed by atoms with van der Waals surface area (Å²) in [5.41, 5.74) is 1.42. The van der Waals surface area contributed by atoms with Crippen LogP contribution < -0.4 is 0 Å². The summed E-state index contributed by atoms with van der Waals surface area (Å²) in [6, 6.07) is 0. The number of nitrogens with zero attached hydrogens (tertiary/aromatic N) is 3. The molecule has 15 heavy (non-hydrogen) atoms. The molecule has 4 heteroatoms. The number of unbranched alkanes of at least 4 members (excludes halogenated alkanes) is 1. The minimum atomic E-state index is 0.283. The summed E-state index contributed by atoms with van der Waals surface area (Å²) < 4.78 is 3.22. The fourth-order valence-electron chi connectivity index (χ4n) is 1.40. The Morgan fingerprint density at radius 2 is 2.00 bits per heavy atom. The molecule has 0 fully saturated rings. The molecule has 0 radical (unpaired) electrons. The van der Waals surface area contributed by atoms with E-state index in [4.69, 9.17) is 0 Å². The molecule has 0 spiro atoms. The molecule has 1 heterocycles. The van der Waals surface area contributed by atoms with Gasteiger partial charge >= 0.3 is 0 Å². The van der Waals surface area contributed by atoms with Crippen LogP contribution in [0.4, 0.5) is 0 Å². The second-order valence-corrected chi connectivity index (χ2v) is 6.16. The minimum absolute atomic E-state index is 0.283. The van der Waals surface area contributed by atoms with Crippen LogP contribution in [0.5, 0.6) is 0 Å². The highest BCUT2D eigenvalue weighted by molar-refractivity contribution is 14.1. The molecule has 1 aromatic rings. The molecule has 86 valence electrons. The van der Waals surface area contributed by atoms with Crippen LogP contribution >= 0.6 is 22.6 Å². The van der Waals surface area contributed by atoms with Crippen molar-refractivity contribution in [2.24, 2.45) is 5.41 Å². The van der Waals surface area contributed by atoms with Crippen molar-refractivity contribution in [3.8, 4) is 0 Å². The van der Waals surface area contributed by atoms with Crippen LogP contribution in [0, 0.1) is 9.12 Å². The third kappa shape index (κ3) is 4.09. The van der Waals surface area contributed by atoms with Crippen molar-refractivity contribution in [1.82, 2.24) is 15.0 Å². The first kappa shape index (κ1) is 12.9. The first-order valence-corrected chi connectivity index (χ1v) is 6.60. The van der Waals surface area contributed by atoms with Crippen molar-refractivity contribution >= 4 is 22.6 Å². The average Bonchev–Trinajstić information content (AvgIpc) is 2.43. The highest BCUT2D eigenvalue weighted by Crippen LogP contribution is 2.22. The fourth-order valence-corrected chi connectivity index (χ4v) is 2.04. The zero-order chi connectivity index (χ0) is 11.5. The molecular weight excluding hydrogens is 301 g/mol. The number of aromatic nitrogens is 3. The van der Waals surface area contributed by atoms with Crippen LogP contribution in [0.1, 0.15) is 46.2 Å². The Labute approximate surface area is 106 Å². The number of halogens is 1. The molecule has 0 aliphatic rings. The van der Waals surface area contributed by atoms with Crippen molar-refractivity contribution in [2.45, 2.75) is 53.5 Å². The monoisotopic (exact) mass is 321 g/mol. The van der Waals surface area contributed by atoms with Gasteiger partial charge in [-0.25, -0.2) is 4.68 Å². The Balaban J connectivity index is 2.71. The van der Waals surface area contributed by atoms with E-state index in [1.807, 2.05) is 4.68 Å². The van der Waals surface area contributed by atoms with E-state index in [0.29, 0.717) is 0 Å². The van der Waals surface area contributed by atoms with E-state index in [2.05, 4.69) is 60.6 Å². The summed E-state index contributed by atoms with van der Waals surface area (Å²) in [5.74, 6) is 0. The molecule has 0 saturated heterocycles. The molecule has 0 atom stereocenters. The Morgan fingerprint density at radius 3 is 2.53 bits per heavy atom. The summed E-state index contributed by atoms with van der Waals surface area (Å²) in [5, 5.41) is 8.46. The highest BCUT2D eigenvalue weighted by atomic mass is 127. The first-order valence-electron chi connectivity index (χ1n) is 5.52. The maximum absolute atomic E-state index is 4.26. The van der Waals surface area contributed by atoms with Gasteiger partial charge in [-0.15, -0.1) is 5.10 Å².